The van der Waals surface area contributed by atoms with E-state index in [1.807, 2.05) is 5.83 Å². The van der Waals surface area contributed by atoms with Crippen LogP contribution < -0.4 is 16.4 Å². The van der Waals surface area contributed by atoms with Crippen molar-refractivity contribution < 1.29 is 39.6 Å². The molecule has 0 aromatic carbocycles. The average molecular weight is 452 g/mol. The van der Waals surface area contributed by atoms with Gasteiger partial charge in [-0.15, -0.1) is 0 Å². The molecule has 0 aliphatic carbocycles. The van der Waals surface area contributed by atoms with Crippen LogP contribution >= 0.6 is 15.9 Å². The van der Waals surface area contributed by atoms with Gasteiger partial charge in [-0.25, -0.2) is 0 Å². The summed E-state index contributed by atoms with van der Waals surface area (Å²) in [6.07, 6.45) is 0. The molecule has 0 aromatic rings. The fourth-order valence-corrected chi connectivity index (χ4v) is 0. The van der Waals surface area contributed by atoms with Gasteiger partial charge in [0.05, 0.1) is 0 Å². The number of carboxylic acid groups (broad SMARTS) is 1. The van der Waals surface area contributed by atoms with Crippen molar-refractivity contribution in [2.45, 2.75) is 34.4 Å². The Balaban J connectivity index is -0.0000000332. The topological polar surface area (TPSA) is 202 Å². The maximum Gasteiger partial charge on any atom is 0.448 e. The fourth-order valence-electron chi connectivity index (χ4n) is 0. The Morgan fingerprint density at radius 1 is 0.769 bits per heavy atom. The lowest BCUT2D eigenvalue weighted by molar-refractivity contribution is -0.134. The third-order valence-electron chi connectivity index (χ3n) is 0.704. The maximum absolute atomic E-state index is 9.70. The van der Waals surface area contributed by atoms with Crippen LogP contribution in [0.15, 0.2) is 0 Å². The van der Waals surface area contributed by atoms with Crippen LogP contribution in [0, 0.1) is 0 Å². The molecule has 0 rings (SSSR count). The highest BCUT2D eigenvalue weighted by Gasteiger charge is 1.86. The van der Waals surface area contributed by atoms with E-state index >= 15 is 0 Å². The molecule has 0 aliphatic heterocycles. The Morgan fingerprint density at radius 2 is 0.808 bits per heavy atom. The molecule has 0 atom stereocenters. The molecule has 11 nitrogen and oxygen atoms in total. The molecular formula is C12H36B2BrN3O8. The van der Waals surface area contributed by atoms with Crippen molar-refractivity contribution >= 4 is 48.0 Å². The third kappa shape index (κ3) is 1370. The number of carbonyl (C=O) groups is 3. The smallest absolute Gasteiger partial charge is 0.448 e. The van der Waals surface area contributed by atoms with Crippen LogP contribution in [0.4, 0.5) is 0 Å². The van der Waals surface area contributed by atoms with E-state index in [4.69, 9.17) is 30.0 Å². The molecule has 14 heteroatoms. The maximum atomic E-state index is 9.70. The summed E-state index contributed by atoms with van der Waals surface area (Å²) in [5.74, 6) is 0.988. The molecule has 9 N–H and O–H groups in total. The van der Waals surface area contributed by atoms with Crippen LogP contribution in [0.1, 0.15) is 20.8 Å². The molecule has 0 saturated heterocycles. The van der Waals surface area contributed by atoms with Crippen LogP contribution in [0.25, 0.3) is 0 Å². The predicted octanol–water partition coefficient (Wildman–Crippen LogP) is -1.64. The lowest BCUT2D eigenvalue weighted by Gasteiger charge is -1.80. The van der Waals surface area contributed by atoms with E-state index in [2.05, 4.69) is 32.3 Å². The Morgan fingerprint density at radius 3 is 0.808 bits per heavy atom. The van der Waals surface area contributed by atoms with Gasteiger partial charge in [0, 0.05) is 34.9 Å². The van der Waals surface area contributed by atoms with Crippen molar-refractivity contribution in [2.75, 3.05) is 27.0 Å². The highest BCUT2D eigenvalue weighted by atomic mass is 79.9. The van der Waals surface area contributed by atoms with Crippen molar-refractivity contribution in [1.29, 1.82) is 0 Å². The van der Waals surface area contributed by atoms with E-state index in [0.29, 0.717) is 0 Å². The first-order valence-electron chi connectivity index (χ1n) is 6.98. The van der Waals surface area contributed by atoms with E-state index in [1.165, 1.54) is 34.5 Å². The SMILES string of the molecule is CB(O)O.CB(O)O.CBr.CC(=O)O.CN.CNC(C)=O.CNC(C)=O. The number of rotatable bonds is 0. The molecule has 0 unspecified atom stereocenters. The first kappa shape index (κ1) is 44.3. The van der Waals surface area contributed by atoms with Crippen LogP contribution in [-0.2, 0) is 14.4 Å². The van der Waals surface area contributed by atoms with Crippen molar-refractivity contribution in [3.63, 3.8) is 0 Å². The monoisotopic (exact) mass is 451 g/mol. The zero-order chi connectivity index (χ0) is 23.3. The van der Waals surface area contributed by atoms with Crippen LogP contribution in [0.3, 0.4) is 0 Å². The molecule has 0 aromatic heterocycles. The molecule has 160 valence electrons. The summed E-state index contributed by atoms with van der Waals surface area (Å²) in [7, 11) is 2.37. The Bertz CT molecular complexity index is 247. The van der Waals surface area contributed by atoms with Gasteiger partial charge in [-0.3, -0.25) is 14.4 Å². The summed E-state index contributed by atoms with van der Waals surface area (Å²) in [5.41, 5.74) is 4.50. The summed E-state index contributed by atoms with van der Waals surface area (Å²) in [5, 5.41) is 42.6. The normalized spacial score (nSPS) is 6.12. The number of alkyl halides is 1. The molecule has 0 spiro atoms. The average Bonchev–Trinajstić information content (AvgIpc) is 2.50. The van der Waals surface area contributed by atoms with E-state index in [1.54, 1.807) is 14.1 Å². The molecule has 0 saturated carbocycles. The molecular weight excluding hydrogens is 416 g/mol. The second kappa shape index (κ2) is 49.6. The lowest BCUT2D eigenvalue weighted by atomic mass is 9.99. The number of nitrogens with two attached hydrogens (primary N) is 1. The van der Waals surface area contributed by atoms with Crippen LogP contribution in [0.2, 0.25) is 13.6 Å². The van der Waals surface area contributed by atoms with E-state index in [9.17, 15) is 9.59 Å². The number of halogens is 1. The van der Waals surface area contributed by atoms with Gasteiger partial charge in [0.25, 0.3) is 5.97 Å². The molecule has 26 heavy (non-hydrogen) atoms. The summed E-state index contributed by atoms with van der Waals surface area (Å²) in [6.45, 7) is 6.58. The van der Waals surface area contributed by atoms with Gasteiger partial charge in [0.2, 0.25) is 11.8 Å². The van der Waals surface area contributed by atoms with Crippen molar-refractivity contribution in [1.82, 2.24) is 10.6 Å². The molecule has 0 bridgehead atoms. The third-order valence-corrected chi connectivity index (χ3v) is 0.704. The number of hydrogen-bond acceptors (Lipinski definition) is 8. The Hall–Kier alpha value is -1.18. The molecule has 0 radical (unpaired) electrons. The Kier molecular flexibility index (Phi) is 84.5. The predicted molar refractivity (Wildman–Crippen MR) is 110 cm³/mol. The van der Waals surface area contributed by atoms with Gasteiger partial charge >= 0.3 is 14.2 Å². The molecule has 2 amide bonds. The van der Waals surface area contributed by atoms with Gasteiger partial charge in [-0.05, 0) is 26.5 Å². The number of nitrogens with one attached hydrogen (secondary N) is 2. The molecule has 0 heterocycles. The van der Waals surface area contributed by atoms with Gasteiger partial charge in [-0.2, -0.15) is 0 Å². The number of aliphatic carboxylic acids is 1. The first-order valence-corrected chi connectivity index (χ1v) is 8.56. The van der Waals surface area contributed by atoms with Gasteiger partial charge < -0.3 is 41.6 Å². The second-order valence-electron chi connectivity index (χ2n) is 3.40. The van der Waals surface area contributed by atoms with Gasteiger partial charge in [0.15, 0.2) is 0 Å². The van der Waals surface area contributed by atoms with Crippen molar-refractivity contribution in [3.05, 3.63) is 0 Å². The quantitative estimate of drug-likeness (QED) is 0.157. The van der Waals surface area contributed by atoms with Crippen LogP contribution in [0.5, 0.6) is 0 Å². The van der Waals surface area contributed by atoms with Crippen molar-refractivity contribution in [3.8, 4) is 0 Å². The minimum Gasteiger partial charge on any atom is -0.481 e. The van der Waals surface area contributed by atoms with Crippen LogP contribution in [-0.4, -0.2) is 84.2 Å². The standard InChI is InChI=1S/2C3H7NO.C2H4O2.2CH5BO2.CH3Br.CH5N/c2*1-3(5)4-2;3*1-2(3)4;2*1-2/h2*1-2H3,(H,4,5);1H3,(H,3,4);2*3-4H,1H3;1H3;2H2,1H3. The Labute approximate surface area is 165 Å². The number of hydrogen-bond donors (Lipinski definition) is 8. The molecule has 0 aliphatic rings. The fraction of sp³-hybridized carbons (Fsp3) is 0.750. The van der Waals surface area contributed by atoms with E-state index in [-0.39, 0.29) is 11.8 Å². The zero-order valence-corrected chi connectivity index (χ0v) is 18.7. The number of carbonyl (C=O) groups excluding carboxylic acids is 2. The summed E-state index contributed by atoms with van der Waals surface area (Å²) < 4.78 is 0. The van der Waals surface area contributed by atoms with E-state index < -0.39 is 20.2 Å². The summed E-state index contributed by atoms with van der Waals surface area (Å²) >= 11 is 2.94. The molecule has 0 fully saturated rings. The zero-order valence-electron chi connectivity index (χ0n) is 17.1. The first-order chi connectivity index (χ1) is 11.7. The van der Waals surface area contributed by atoms with Gasteiger partial charge in [0.1, 0.15) is 0 Å². The second-order valence-corrected chi connectivity index (χ2v) is 3.40. The minimum absolute atomic E-state index is 0.00463. The largest absolute Gasteiger partial charge is 0.481 e. The summed E-state index contributed by atoms with van der Waals surface area (Å²) in [6, 6.07) is 0. The van der Waals surface area contributed by atoms with E-state index in [0.717, 1.165) is 6.92 Å². The highest BCUT2D eigenvalue weighted by Crippen LogP contribution is 1.51. The number of carboxylic acids is 1. The summed E-state index contributed by atoms with van der Waals surface area (Å²) in [4.78, 5) is 28.4. The lowest BCUT2D eigenvalue weighted by Crippen LogP contribution is -2.11. The highest BCUT2D eigenvalue weighted by molar-refractivity contribution is 9.08. The van der Waals surface area contributed by atoms with Crippen molar-refractivity contribution in [2.24, 2.45) is 5.73 Å². The van der Waals surface area contributed by atoms with Gasteiger partial charge in [-0.1, -0.05) is 15.9 Å². The minimum atomic E-state index is -1.17. The number of amides is 2.